The minimum atomic E-state index is 0.108. The number of guanidine groups is 1. The number of rotatable bonds is 2. The molecule has 1 spiro atoms. The molecule has 3 heterocycles. The topological polar surface area (TPSA) is 66.0 Å². The third kappa shape index (κ3) is 3.31. The number of likely N-dealkylation sites (tertiary alicyclic amines) is 1. The zero-order valence-corrected chi connectivity index (χ0v) is 12.9. The average Bonchev–Trinajstić information content (AvgIpc) is 3.11. The molecule has 118 valence electrons. The summed E-state index contributed by atoms with van der Waals surface area (Å²) in [6.07, 6.45) is 5.51. The van der Waals surface area contributed by atoms with Crippen LogP contribution in [0.15, 0.2) is 4.99 Å². The minimum Gasteiger partial charge on any atom is -0.376 e. The maximum atomic E-state index is 11.6. The molecule has 0 aromatic heterocycles. The number of aliphatic imine (C=N–C) groups is 1. The Morgan fingerprint density at radius 1 is 1.57 bits per heavy atom. The highest BCUT2D eigenvalue weighted by Crippen LogP contribution is 2.35. The van der Waals surface area contributed by atoms with E-state index in [-0.39, 0.29) is 11.3 Å². The number of carbonyl (C=O) groups is 1. The number of ether oxygens (including phenoxy) is 1. The van der Waals surface area contributed by atoms with Gasteiger partial charge in [0.2, 0.25) is 5.91 Å². The highest BCUT2D eigenvalue weighted by molar-refractivity contribution is 5.81. The molecule has 3 aliphatic rings. The summed E-state index contributed by atoms with van der Waals surface area (Å²) in [4.78, 5) is 18.3. The summed E-state index contributed by atoms with van der Waals surface area (Å²) in [6, 6.07) is 0. The number of nitrogens with zero attached hydrogens (tertiary/aromatic N) is 2. The molecule has 2 unspecified atom stereocenters. The summed E-state index contributed by atoms with van der Waals surface area (Å²) in [5.74, 6) is 1.14. The van der Waals surface area contributed by atoms with E-state index < -0.39 is 0 Å². The first-order chi connectivity index (χ1) is 10.2. The second-order valence-electron chi connectivity index (χ2n) is 6.54. The lowest BCUT2D eigenvalue weighted by molar-refractivity contribution is -0.119. The van der Waals surface area contributed by atoms with Gasteiger partial charge in [-0.25, -0.2) is 0 Å². The van der Waals surface area contributed by atoms with Gasteiger partial charge < -0.3 is 20.3 Å². The predicted molar refractivity (Wildman–Crippen MR) is 81.2 cm³/mol. The Morgan fingerprint density at radius 2 is 2.48 bits per heavy atom. The summed E-state index contributed by atoms with van der Waals surface area (Å²) >= 11 is 0. The van der Waals surface area contributed by atoms with E-state index in [0.29, 0.717) is 12.5 Å². The fourth-order valence-corrected chi connectivity index (χ4v) is 3.77. The second kappa shape index (κ2) is 6.22. The van der Waals surface area contributed by atoms with Gasteiger partial charge in [0.05, 0.1) is 6.10 Å². The third-order valence-corrected chi connectivity index (χ3v) is 4.88. The van der Waals surface area contributed by atoms with Crippen LogP contribution in [0.1, 0.15) is 32.1 Å². The minimum absolute atomic E-state index is 0.108. The Hall–Kier alpha value is -1.30. The summed E-state index contributed by atoms with van der Waals surface area (Å²) in [7, 11) is 1.83. The maximum Gasteiger partial charge on any atom is 0.220 e. The molecule has 2 N–H and O–H groups in total. The molecule has 2 atom stereocenters. The number of piperidine rings is 1. The SMILES string of the molecule is CN=C(NCC1CCCO1)N1CCCC2(CNC(=O)C2)C1. The Balaban J connectivity index is 1.57. The van der Waals surface area contributed by atoms with Gasteiger partial charge in [0.15, 0.2) is 5.96 Å². The van der Waals surface area contributed by atoms with Gasteiger partial charge in [-0.1, -0.05) is 0 Å². The summed E-state index contributed by atoms with van der Waals surface area (Å²) in [5.41, 5.74) is 0.108. The molecular weight excluding hydrogens is 268 g/mol. The molecule has 21 heavy (non-hydrogen) atoms. The first kappa shape index (κ1) is 14.6. The fraction of sp³-hybridized carbons (Fsp3) is 0.867. The van der Waals surface area contributed by atoms with E-state index in [9.17, 15) is 4.79 Å². The number of hydrogen-bond donors (Lipinski definition) is 2. The Labute approximate surface area is 126 Å². The highest BCUT2D eigenvalue weighted by Gasteiger charge is 2.42. The quantitative estimate of drug-likeness (QED) is 0.569. The van der Waals surface area contributed by atoms with Crippen molar-refractivity contribution in [1.29, 1.82) is 0 Å². The Bertz CT molecular complexity index is 420. The van der Waals surface area contributed by atoms with Crippen LogP contribution in [0.5, 0.6) is 0 Å². The number of nitrogens with one attached hydrogen (secondary N) is 2. The molecule has 3 fully saturated rings. The average molecular weight is 294 g/mol. The van der Waals surface area contributed by atoms with Crippen LogP contribution in [0.3, 0.4) is 0 Å². The molecule has 3 aliphatic heterocycles. The molecule has 0 aromatic carbocycles. The predicted octanol–water partition coefficient (Wildman–Crippen LogP) is 0.343. The van der Waals surface area contributed by atoms with Gasteiger partial charge in [0, 0.05) is 51.7 Å². The van der Waals surface area contributed by atoms with E-state index in [1.807, 2.05) is 7.05 Å². The largest absolute Gasteiger partial charge is 0.376 e. The fourth-order valence-electron chi connectivity index (χ4n) is 3.77. The van der Waals surface area contributed by atoms with Crippen LogP contribution in [0, 0.1) is 5.41 Å². The van der Waals surface area contributed by atoms with Gasteiger partial charge in [-0.3, -0.25) is 9.79 Å². The van der Waals surface area contributed by atoms with Crippen LogP contribution in [0.2, 0.25) is 0 Å². The first-order valence-electron chi connectivity index (χ1n) is 8.05. The van der Waals surface area contributed by atoms with Crippen LogP contribution < -0.4 is 10.6 Å². The number of hydrogen-bond acceptors (Lipinski definition) is 3. The molecule has 0 aliphatic carbocycles. The third-order valence-electron chi connectivity index (χ3n) is 4.88. The van der Waals surface area contributed by atoms with E-state index >= 15 is 0 Å². The number of carbonyl (C=O) groups excluding carboxylic acids is 1. The lowest BCUT2D eigenvalue weighted by Gasteiger charge is -2.41. The molecule has 1 amide bonds. The van der Waals surface area contributed by atoms with Crippen molar-refractivity contribution in [2.45, 2.75) is 38.2 Å². The smallest absolute Gasteiger partial charge is 0.220 e. The first-order valence-corrected chi connectivity index (χ1v) is 8.05. The van der Waals surface area contributed by atoms with Gasteiger partial charge >= 0.3 is 0 Å². The molecule has 0 bridgehead atoms. The molecule has 6 nitrogen and oxygen atoms in total. The molecule has 3 saturated heterocycles. The lowest BCUT2D eigenvalue weighted by Crippen LogP contribution is -2.52. The van der Waals surface area contributed by atoms with E-state index in [2.05, 4.69) is 20.5 Å². The van der Waals surface area contributed by atoms with Crippen molar-refractivity contribution in [3.63, 3.8) is 0 Å². The normalized spacial score (nSPS) is 33.6. The van der Waals surface area contributed by atoms with Crippen LogP contribution in [-0.2, 0) is 9.53 Å². The maximum absolute atomic E-state index is 11.6. The van der Waals surface area contributed by atoms with E-state index in [1.54, 1.807) is 0 Å². The van der Waals surface area contributed by atoms with E-state index in [1.165, 1.54) is 0 Å². The van der Waals surface area contributed by atoms with Gasteiger partial charge in [-0.15, -0.1) is 0 Å². The van der Waals surface area contributed by atoms with E-state index in [0.717, 1.165) is 64.4 Å². The molecular formula is C15H26N4O2. The standard InChI is InChI=1S/C15H26N4O2/c1-16-14(17-9-12-4-2-7-21-12)19-6-3-5-15(11-19)8-13(20)18-10-15/h12H,2-11H2,1H3,(H,16,17)(H,18,20). The number of amides is 1. The summed E-state index contributed by atoms with van der Waals surface area (Å²) < 4.78 is 5.65. The van der Waals surface area contributed by atoms with Gasteiger partial charge in [0.25, 0.3) is 0 Å². The Morgan fingerprint density at radius 3 is 3.14 bits per heavy atom. The zero-order valence-electron chi connectivity index (χ0n) is 12.9. The summed E-state index contributed by atoms with van der Waals surface area (Å²) in [5, 5.41) is 6.43. The van der Waals surface area contributed by atoms with Crippen molar-refractivity contribution in [3.05, 3.63) is 0 Å². The Kier molecular flexibility index (Phi) is 4.33. The van der Waals surface area contributed by atoms with Gasteiger partial charge in [-0.05, 0) is 25.7 Å². The summed E-state index contributed by atoms with van der Waals surface area (Å²) in [6.45, 7) is 4.45. The van der Waals surface area contributed by atoms with Gasteiger partial charge in [0.1, 0.15) is 0 Å². The van der Waals surface area contributed by atoms with Crippen LogP contribution >= 0.6 is 0 Å². The lowest BCUT2D eigenvalue weighted by atomic mass is 9.79. The van der Waals surface area contributed by atoms with Crippen molar-refractivity contribution < 1.29 is 9.53 Å². The van der Waals surface area contributed by atoms with Crippen LogP contribution in [-0.4, -0.2) is 62.7 Å². The highest BCUT2D eigenvalue weighted by atomic mass is 16.5. The van der Waals surface area contributed by atoms with Crippen LogP contribution in [0.4, 0.5) is 0 Å². The second-order valence-corrected chi connectivity index (χ2v) is 6.54. The van der Waals surface area contributed by atoms with Crippen molar-refractivity contribution in [2.75, 3.05) is 39.8 Å². The van der Waals surface area contributed by atoms with Gasteiger partial charge in [-0.2, -0.15) is 0 Å². The molecule has 6 heteroatoms. The molecule has 3 rings (SSSR count). The van der Waals surface area contributed by atoms with Crippen LogP contribution in [0.25, 0.3) is 0 Å². The molecule has 0 saturated carbocycles. The van der Waals surface area contributed by atoms with E-state index in [4.69, 9.17) is 4.74 Å². The van der Waals surface area contributed by atoms with Crippen molar-refractivity contribution in [2.24, 2.45) is 10.4 Å². The molecule has 0 radical (unpaired) electrons. The molecule has 0 aromatic rings. The monoisotopic (exact) mass is 294 g/mol. The van der Waals surface area contributed by atoms with Crippen molar-refractivity contribution in [3.8, 4) is 0 Å². The van der Waals surface area contributed by atoms with Crippen molar-refractivity contribution >= 4 is 11.9 Å². The van der Waals surface area contributed by atoms with Crippen molar-refractivity contribution in [1.82, 2.24) is 15.5 Å². The zero-order chi connectivity index (χ0) is 14.7.